The molecule has 144 valence electrons. The Morgan fingerprint density at radius 2 is 1.82 bits per heavy atom. The van der Waals surface area contributed by atoms with E-state index in [-0.39, 0.29) is 17.7 Å². The van der Waals surface area contributed by atoms with Crippen LogP contribution < -0.4 is 5.43 Å². The standard InChI is InChI=1S/C22H23N3O3/c1-14-7-6-10-16(11-14)19(15-8-4-3-5-9-15)17-13-24(2)22(28)20-21(27)18(26)12-23-25(17)20/h3-12,17,19,22,27-28H,13H2,1-2H3. The molecular weight excluding hydrogens is 354 g/mol. The molecule has 2 heterocycles. The number of likely N-dealkylation sites (N-methyl/N-ethyl adjacent to an activating group) is 1. The quantitative estimate of drug-likeness (QED) is 0.733. The van der Waals surface area contributed by atoms with Gasteiger partial charge in [0.2, 0.25) is 5.43 Å². The third-order valence-corrected chi connectivity index (χ3v) is 5.42. The molecule has 0 radical (unpaired) electrons. The van der Waals surface area contributed by atoms with Crippen LogP contribution in [-0.4, -0.2) is 38.5 Å². The van der Waals surface area contributed by atoms with Crippen molar-refractivity contribution in [2.24, 2.45) is 0 Å². The van der Waals surface area contributed by atoms with Crippen LogP contribution in [0.4, 0.5) is 0 Å². The van der Waals surface area contributed by atoms with Gasteiger partial charge in [-0.2, -0.15) is 5.10 Å². The molecular formula is C22H23N3O3. The minimum absolute atomic E-state index is 0.0656. The molecule has 0 amide bonds. The summed E-state index contributed by atoms with van der Waals surface area (Å²) in [5.74, 6) is -0.515. The van der Waals surface area contributed by atoms with Crippen molar-refractivity contribution in [1.29, 1.82) is 0 Å². The highest BCUT2D eigenvalue weighted by molar-refractivity contribution is 5.38. The van der Waals surface area contributed by atoms with Crippen LogP contribution in [0, 0.1) is 6.92 Å². The molecule has 28 heavy (non-hydrogen) atoms. The van der Waals surface area contributed by atoms with E-state index in [1.165, 1.54) is 0 Å². The lowest BCUT2D eigenvalue weighted by Gasteiger charge is -2.40. The first-order valence-electron chi connectivity index (χ1n) is 9.28. The second-order valence-corrected chi connectivity index (χ2v) is 7.37. The van der Waals surface area contributed by atoms with Gasteiger partial charge in [-0.1, -0.05) is 60.2 Å². The number of hydrogen-bond acceptors (Lipinski definition) is 5. The molecule has 3 unspecified atom stereocenters. The van der Waals surface area contributed by atoms with Crippen LogP contribution in [0.3, 0.4) is 0 Å². The summed E-state index contributed by atoms with van der Waals surface area (Å²) in [6.07, 6.45) is 0.0221. The molecule has 2 aromatic carbocycles. The summed E-state index contributed by atoms with van der Waals surface area (Å²) in [4.78, 5) is 13.7. The summed E-state index contributed by atoms with van der Waals surface area (Å²) in [5, 5.41) is 25.2. The van der Waals surface area contributed by atoms with Crippen LogP contribution in [-0.2, 0) is 0 Å². The minimum atomic E-state index is -1.09. The summed E-state index contributed by atoms with van der Waals surface area (Å²) < 4.78 is 1.61. The van der Waals surface area contributed by atoms with Crippen molar-refractivity contribution in [2.45, 2.75) is 25.1 Å². The first-order chi connectivity index (χ1) is 13.5. The van der Waals surface area contributed by atoms with E-state index in [0.29, 0.717) is 6.54 Å². The fraction of sp³-hybridized carbons (Fsp3) is 0.273. The van der Waals surface area contributed by atoms with E-state index in [1.807, 2.05) is 24.3 Å². The molecule has 4 rings (SSSR count). The molecule has 6 nitrogen and oxygen atoms in total. The van der Waals surface area contributed by atoms with Gasteiger partial charge in [-0.3, -0.25) is 14.4 Å². The van der Waals surface area contributed by atoms with Gasteiger partial charge in [0.05, 0.1) is 12.2 Å². The lowest BCUT2D eigenvalue weighted by molar-refractivity contribution is -0.0235. The van der Waals surface area contributed by atoms with Gasteiger partial charge in [-0.15, -0.1) is 0 Å². The van der Waals surface area contributed by atoms with Crippen LogP contribution in [0.5, 0.6) is 5.75 Å². The topological polar surface area (TPSA) is 78.6 Å². The van der Waals surface area contributed by atoms with E-state index in [9.17, 15) is 15.0 Å². The molecule has 0 spiro atoms. The molecule has 2 N–H and O–H groups in total. The molecule has 0 saturated heterocycles. The first kappa shape index (κ1) is 18.4. The number of aliphatic hydroxyl groups is 1. The van der Waals surface area contributed by atoms with E-state index in [1.54, 1.807) is 16.6 Å². The summed E-state index contributed by atoms with van der Waals surface area (Å²) >= 11 is 0. The lowest BCUT2D eigenvalue weighted by Crippen LogP contribution is -2.43. The third kappa shape index (κ3) is 3.10. The zero-order chi connectivity index (χ0) is 19.8. The van der Waals surface area contributed by atoms with Crippen molar-refractivity contribution in [3.63, 3.8) is 0 Å². The fourth-order valence-electron chi connectivity index (χ4n) is 4.07. The number of benzene rings is 2. The maximum Gasteiger partial charge on any atom is 0.242 e. The SMILES string of the molecule is Cc1cccc(C(c2ccccc2)C2CN(C)C(O)c3c(O)c(=O)cnn32)c1. The Balaban J connectivity index is 1.94. The molecule has 6 heteroatoms. The second-order valence-electron chi connectivity index (χ2n) is 7.37. The van der Waals surface area contributed by atoms with E-state index in [0.717, 1.165) is 22.9 Å². The lowest BCUT2D eigenvalue weighted by atomic mass is 9.83. The zero-order valence-corrected chi connectivity index (χ0v) is 15.9. The van der Waals surface area contributed by atoms with Crippen molar-refractivity contribution >= 4 is 0 Å². The van der Waals surface area contributed by atoms with Crippen LogP contribution in [0.2, 0.25) is 0 Å². The number of fused-ring (bicyclic) bond motifs is 1. The Morgan fingerprint density at radius 3 is 2.54 bits per heavy atom. The first-order valence-corrected chi connectivity index (χ1v) is 9.28. The highest BCUT2D eigenvalue weighted by atomic mass is 16.3. The number of hydrogen-bond donors (Lipinski definition) is 2. The maximum absolute atomic E-state index is 11.9. The van der Waals surface area contributed by atoms with Crippen LogP contribution in [0.25, 0.3) is 0 Å². The van der Waals surface area contributed by atoms with Crippen molar-refractivity contribution in [1.82, 2.24) is 14.7 Å². The molecule has 1 aromatic heterocycles. The number of aliphatic hydroxyl groups excluding tert-OH is 1. The Morgan fingerprint density at radius 1 is 1.11 bits per heavy atom. The number of aryl methyl sites for hydroxylation is 1. The summed E-state index contributed by atoms with van der Waals surface area (Å²) in [6.45, 7) is 2.56. The average Bonchev–Trinajstić information content (AvgIpc) is 2.69. The minimum Gasteiger partial charge on any atom is -0.503 e. The molecule has 0 saturated carbocycles. The normalized spacial score (nSPS) is 20.5. The van der Waals surface area contributed by atoms with Crippen molar-refractivity contribution in [3.05, 3.63) is 93.4 Å². The molecule has 3 atom stereocenters. The molecule has 0 bridgehead atoms. The van der Waals surface area contributed by atoms with Crippen molar-refractivity contribution in [2.75, 3.05) is 13.6 Å². The molecule has 3 aromatic rings. The monoisotopic (exact) mass is 377 g/mol. The van der Waals surface area contributed by atoms with Gasteiger partial charge in [0, 0.05) is 12.5 Å². The van der Waals surface area contributed by atoms with E-state index in [4.69, 9.17) is 0 Å². The molecule has 0 fully saturated rings. The molecule has 1 aliphatic heterocycles. The second kappa shape index (κ2) is 7.22. The molecule has 1 aliphatic rings. The van der Waals surface area contributed by atoms with Crippen LogP contribution in [0.1, 0.15) is 40.6 Å². The highest BCUT2D eigenvalue weighted by Crippen LogP contribution is 2.41. The largest absolute Gasteiger partial charge is 0.503 e. The number of aromatic nitrogens is 2. The van der Waals surface area contributed by atoms with Crippen molar-refractivity contribution in [3.8, 4) is 5.75 Å². The van der Waals surface area contributed by atoms with E-state index < -0.39 is 17.4 Å². The average molecular weight is 377 g/mol. The maximum atomic E-state index is 11.9. The van der Waals surface area contributed by atoms with Crippen LogP contribution >= 0.6 is 0 Å². The van der Waals surface area contributed by atoms with Gasteiger partial charge in [0.15, 0.2) is 12.0 Å². The van der Waals surface area contributed by atoms with E-state index >= 15 is 0 Å². The Kier molecular flexibility index (Phi) is 4.75. The predicted octanol–water partition coefficient (Wildman–Crippen LogP) is 2.57. The van der Waals surface area contributed by atoms with Gasteiger partial charge in [-0.05, 0) is 25.1 Å². The summed E-state index contributed by atoms with van der Waals surface area (Å²) in [7, 11) is 1.77. The van der Waals surface area contributed by atoms with Gasteiger partial charge >= 0.3 is 0 Å². The number of rotatable bonds is 3. The number of aromatic hydroxyl groups is 1. The van der Waals surface area contributed by atoms with Crippen molar-refractivity contribution < 1.29 is 10.2 Å². The van der Waals surface area contributed by atoms with E-state index in [2.05, 4.69) is 42.4 Å². The smallest absolute Gasteiger partial charge is 0.242 e. The Bertz CT molecular complexity index is 1050. The van der Waals surface area contributed by atoms with Gasteiger partial charge < -0.3 is 10.2 Å². The Labute approximate surface area is 163 Å². The van der Waals surface area contributed by atoms with Gasteiger partial charge in [0.25, 0.3) is 0 Å². The fourth-order valence-corrected chi connectivity index (χ4v) is 4.07. The van der Waals surface area contributed by atoms with Crippen LogP contribution in [0.15, 0.2) is 65.6 Å². The molecule has 0 aliphatic carbocycles. The van der Waals surface area contributed by atoms with Gasteiger partial charge in [-0.25, -0.2) is 0 Å². The third-order valence-electron chi connectivity index (χ3n) is 5.42. The van der Waals surface area contributed by atoms with Gasteiger partial charge in [0.1, 0.15) is 5.69 Å². The summed E-state index contributed by atoms with van der Waals surface area (Å²) in [5.41, 5.74) is 2.92. The highest BCUT2D eigenvalue weighted by Gasteiger charge is 2.38. The Hall–Kier alpha value is -2.96. The summed E-state index contributed by atoms with van der Waals surface area (Å²) in [6, 6.07) is 18.2. The zero-order valence-electron chi connectivity index (χ0n) is 15.9. The predicted molar refractivity (Wildman–Crippen MR) is 106 cm³/mol. The number of nitrogens with zero attached hydrogens (tertiary/aromatic N) is 3.